The number of hydrogen-bond acceptors (Lipinski definition) is 4. The second kappa shape index (κ2) is 8.61. The molecule has 0 bridgehead atoms. The molecule has 146 valence electrons. The van der Waals surface area contributed by atoms with Crippen LogP contribution in [-0.2, 0) is 0 Å². The molecule has 0 radical (unpaired) electrons. The van der Waals surface area contributed by atoms with E-state index in [9.17, 15) is 9.18 Å². The normalized spacial score (nSPS) is 10.8. The zero-order valence-corrected chi connectivity index (χ0v) is 17.7. The molecule has 2 aromatic carbocycles. The van der Waals surface area contributed by atoms with E-state index < -0.39 is 11.9 Å². The lowest BCUT2D eigenvalue weighted by atomic mass is 10.3. The number of halogens is 4. The molecule has 0 aliphatic carbocycles. The second-order valence-corrected chi connectivity index (χ2v) is 7.72. The molecule has 1 aromatic heterocycles. The summed E-state index contributed by atoms with van der Waals surface area (Å²) in [6, 6.07) is 9.56. The smallest absolute Gasteiger partial charge is 0.284 e. The Bertz CT molecular complexity index is 1040. The molecule has 5 nitrogen and oxygen atoms in total. The molecule has 10 heteroatoms. The van der Waals surface area contributed by atoms with Gasteiger partial charge in [0.2, 0.25) is 5.95 Å². The fourth-order valence-corrected chi connectivity index (χ4v) is 3.85. The van der Waals surface area contributed by atoms with Crippen molar-refractivity contribution < 1.29 is 13.9 Å². The summed E-state index contributed by atoms with van der Waals surface area (Å²) in [5.41, 5.74) is 0.00246. The van der Waals surface area contributed by atoms with Crippen molar-refractivity contribution in [3.8, 4) is 11.4 Å². The predicted molar refractivity (Wildman–Crippen MR) is 110 cm³/mol. The number of nitrogens with zero attached hydrogens (tertiary/aromatic N) is 2. The third-order valence-corrected chi connectivity index (χ3v) is 5.42. The number of benzene rings is 2. The van der Waals surface area contributed by atoms with Crippen molar-refractivity contribution in [3.63, 3.8) is 0 Å². The van der Waals surface area contributed by atoms with Crippen LogP contribution >= 0.6 is 46.8 Å². The Kier molecular flexibility index (Phi) is 6.40. The number of aromatic nitrogens is 2. The molecule has 1 heterocycles. The third-order valence-electron chi connectivity index (χ3n) is 3.70. The summed E-state index contributed by atoms with van der Waals surface area (Å²) < 4.78 is 23.7. The maximum Gasteiger partial charge on any atom is 0.284 e. The summed E-state index contributed by atoms with van der Waals surface area (Å²) in [5.74, 6) is -0.697. The Morgan fingerprint density at radius 2 is 1.86 bits per heavy atom. The second-order valence-electron chi connectivity index (χ2n) is 5.59. The number of rotatable bonds is 5. The first-order valence-corrected chi connectivity index (χ1v) is 9.77. The standard InChI is InChI=1S/C18H13Cl3FN3O2S/c1-9-23-16(17(22)25(9)12-6-10(19)5-11(20)7-12)18(26)24-28-15-8-13(27-2)3-4-14(15)21/h3-8H,1-2H3,(H,24,26). The highest BCUT2D eigenvalue weighted by Crippen LogP contribution is 2.30. The first kappa shape index (κ1) is 20.8. The van der Waals surface area contributed by atoms with Crippen molar-refractivity contribution >= 4 is 52.7 Å². The van der Waals surface area contributed by atoms with Gasteiger partial charge in [0.1, 0.15) is 11.6 Å². The number of methoxy groups -OCH3 is 1. The van der Waals surface area contributed by atoms with Gasteiger partial charge in [0.05, 0.1) is 22.7 Å². The van der Waals surface area contributed by atoms with Gasteiger partial charge in [-0.25, -0.2) is 4.98 Å². The molecule has 0 unspecified atom stereocenters. The van der Waals surface area contributed by atoms with E-state index in [0.29, 0.717) is 31.4 Å². The number of ether oxygens (including phenoxy) is 1. The van der Waals surface area contributed by atoms with E-state index in [4.69, 9.17) is 39.5 Å². The monoisotopic (exact) mass is 459 g/mol. The highest BCUT2D eigenvalue weighted by Gasteiger charge is 2.23. The van der Waals surface area contributed by atoms with Crippen LogP contribution in [0.25, 0.3) is 5.69 Å². The van der Waals surface area contributed by atoms with Crippen molar-refractivity contribution in [1.29, 1.82) is 0 Å². The topological polar surface area (TPSA) is 56.1 Å². The SMILES string of the molecule is COc1ccc(Cl)c(SNC(=O)c2nc(C)n(-c3cc(Cl)cc(Cl)c3)c2F)c1. The van der Waals surface area contributed by atoms with Crippen molar-refractivity contribution in [1.82, 2.24) is 14.3 Å². The summed E-state index contributed by atoms with van der Waals surface area (Å²) in [6.45, 7) is 1.57. The summed E-state index contributed by atoms with van der Waals surface area (Å²) >= 11 is 19.0. The van der Waals surface area contributed by atoms with Gasteiger partial charge in [-0.3, -0.25) is 14.1 Å². The summed E-state index contributed by atoms with van der Waals surface area (Å²) in [5, 5.41) is 1.09. The van der Waals surface area contributed by atoms with E-state index in [2.05, 4.69) is 9.71 Å². The number of carbonyl (C=O) groups excluding carboxylic acids is 1. The summed E-state index contributed by atoms with van der Waals surface area (Å²) in [7, 11) is 1.52. The minimum absolute atomic E-state index is 0.269. The van der Waals surface area contributed by atoms with Gasteiger partial charge >= 0.3 is 0 Å². The van der Waals surface area contributed by atoms with E-state index in [1.54, 1.807) is 25.1 Å². The summed E-state index contributed by atoms with van der Waals surface area (Å²) in [4.78, 5) is 17.0. The molecule has 3 rings (SSSR count). The Morgan fingerprint density at radius 3 is 2.50 bits per heavy atom. The first-order chi connectivity index (χ1) is 13.3. The van der Waals surface area contributed by atoms with Crippen LogP contribution in [-0.4, -0.2) is 22.6 Å². The van der Waals surface area contributed by atoms with Gasteiger partial charge < -0.3 is 4.74 Å². The van der Waals surface area contributed by atoms with Gasteiger partial charge in [-0.15, -0.1) is 0 Å². The lowest BCUT2D eigenvalue weighted by molar-refractivity contribution is 0.0975. The van der Waals surface area contributed by atoms with E-state index in [-0.39, 0.29) is 11.5 Å². The highest BCUT2D eigenvalue weighted by molar-refractivity contribution is 7.98. The van der Waals surface area contributed by atoms with Crippen LogP contribution < -0.4 is 9.46 Å². The molecule has 0 saturated heterocycles. The van der Waals surface area contributed by atoms with Gasteiger partial charge in [-0.2, -0.15) is 4.39 Å². The Labute approximate surface area is 179 Å². The lowest BCUT2D eigenvalue weighted by Crippen LogP contribution is -2.18. The molecule has 28 heavy (non-hydrogen) atoms. The Morgan fingerprint density at radius 1 is 1.18 bits per heavy atom. The van der Waals surface area contributed by atoms with Gasteiger partial charge in [0.15, 0.2) is 5.69 Å². The molecule has 0 atom stereocenters. The molecular formula is C18H13Cl3FN3O2S. The molecule has 1 N–H and O–H groups in total. The minimum Gasteiger partial charge on any atom is -0.497 e. The van der Waals surface area contributed by atoms with Crippen LogP contribution in [0.15, 0.2) is 41.3 Å². The van der Waals surface area contributed by atoms with Crippen LogP contribution in [0, 0.1) is 12.9 Å². The molecule has 1 amide bonds. The minimum atomic E-state index is -0.828. The molecule has 3 aromatic rings. The van der Waals surface area contributed by atoms with Crippen molar-refractivity contribution in [2.24, 2.45) is 0 Å². The largest absolute Gasteiger partial charge is 0.497 e. The third kappa shape index (κ3) is 4.38. The predicted octanol–water partition coefficient (Wildman–Crippen LogP) is 5.73. The van der Waals surface area contributed by atoms with Crippen LogP contribution in [0.4, 0.5) is 4.39 Å². The van der Waals surface area contributed by atoms with Gasteiger partial charge in [0.25, 0.3) is 5.91 Å². The van der Waals surface area contributed by atoms with Crippen LogP contribution in [0.1, 0.15) is 16.3 Å². The molecule has 0 fully saturated rings. The van der Waals surface area contributed by atoms with Crippen molar-refractivity contribution in [2.75, 3.05) is 7.11 Å². The molecule has 0 aliphatic heterocycles. The van der Waals surface area contributed by atoms with Gasteiger partial charge in [-0.1, -0.05) is 34.8 Å². The van der Waals surface area contributed by atoms with E-state index in [1.807, 2.05) is 0 Å². The quantitative estimate of drug-likeness (QED) is 0.494. The molecule has 0 saturated carbocycles. The highest BCUT2D eigenvalue weighted by atomic mass is 35.5. The maximum atomic E-state index is 14.9. The number of carbonyl (C=O) groups is 1. The molecule has 0 aliphatic rings. The fourth-order valence-electron chi connectivity index (χ4n) is 2.46. The van der Waals surface area contributed by atoms with Crippen LogP contribution in [0.2, 0.25) is 15.1 Å². The first-order valence-electron chi connectivity index (χ1n) is 7.82. The lowest BCUT2D eigenvalue weighted by Gasteiger charge is -2.08. The van der Waals surface area contributed by atoms with Crippen molar-refractivity contribution in [2.45, 2.75) is 11.8 Å². The number of hydrogen-bond donors (Lipinski definition) is 1. The molecule has 0 spiro atoms. The number of imidazole rings is 1. The van der Waals surface area contributed by atoms with E-state index >= 15 is 0 Å². The Hall–Kier alpha value is -1.93. The van der Waals surface area contributed by atoms with Gasteiger partial charge in [-0.05, 0) is 55.3 Å². The van der Waals surface area contributed by atoms with Crippen LogP contribution in [0.5, 0.6) is 5.75 Å². The van der Waals surface area contributed by atoms with Gasteiger partial charge in [0, 0.05) is 10.0 Å². The fraction of sp³-hybridized carbons (Fsp3) is 0.111. The zero-order valence-electron chi connectivity index (χ0n) is 14.6. The van der Waals surface area contributed by atoms with Crippen molar-refractivity contribution in [3.05, 3.63) is 68.9 Å². The zero-order chi connectivity index (χ0) is 20.4. The number of nitrogens with one attached hydrogen (secondary N) is 1. The number of aryl methyl sites for hydroxylation is 1. The average Bonchev–Trinajstić information content (AvgIpc) is 2.94. The van der Waals surface area contributed by atoms with E-state index in [1.165, 1.54) is 25.3 Å². The number of amides is 1. The maximum absolute atomic E-state index is 14.9. The average molecular weight is 461 g/mol. The molecular weight excluding hydrogens is 448 g/mol. The van der Waals surface area contributed by atoms with Crippen LogP contribution in [0.3, 0.4) is 0 Å². The Balaban J connectivity index is 1.85. The van der Waals surface area contributed by atoms with E-state index in [0.717, 1.165) is 16.5 Å². The summed E-state index contributed by atoms with van der Waals surface area (Å²) in [6.07, 6.45) is 0.